The van der Waals surface area contributed by atoms with E-state index in [0.717, 1.165) is 5.75 Å². The summed E-state index contributed by atoms with van der Waals surface area (Å²) in [5.41, 5.74) is 1.31. The maximum absolute atomic E-state index is 12.2. The molecule has 0 spiro atoms. The van der Waals surface area contributed by atoms with Gasteiger partial charge in [-0.1, -0.05) is 23.9 Å². The number of anilines is 1. The summed E-state index contributed by atoms with van der Waals surface area (Å²) in [6.45, 7) is 2.59. The monoisotopic (exact) mass is 384 g/mol. The van der Waals surface area contributed by atoms with Crippen molar-refractivity contribution >= 4 is 23.4 Å². The van der Waals surface area contributed by atoms with E-state index < -0.39 is 0 Å². The number of aromatic hydroxyl groups is 1. The summed E-state index contributed by atoms with van der Waals surface area (Å²) in [4.78, 5) is 12.2. The average Bonchev–Trinajstić information content (AvgIpc) is 3.10. The van der Waals surface area contributed by atoms with Gasteiger partial charge in [0.1, 0.15) is 11.5 Å². The van der Waals surface area contributed by atoms with Crippen molar-refractivity contribution in [2.45, 2.75) is 18.6 Å². The van der Waals surface area contributed by atoms with Crippen LogP contribution in [0.3, 0.4) is 0 Å². The zero-order chi connectivity index (χ0) is 19.2. The molecule has 3 rings (SSSR count). The van der Waals surface area contributed by atoms with Crippen LogP contribution in [0.2, 0.25) is 0 Å². The van der Waals surface area contributed by atoms with Gasteiger partial charge in [-0.05, 0) is 43.3 Å². The molecule has 2 N–H and O–H groups in total. The van der Waals surface area contributed by atoms with E-state index >= 15 is 0 Å². The van der Waals surface area contributed by atoms with Gasteiger partial charge in [-0.2, -0.15) is 0 Å². The third-order valence-corrected chi connectivity index (χ3v) is 4.85. The Hall–Kier alpha value is -3.00. The lowest BCUT2D eigenvalue weighted by Gasteiger charge is -2.09. The first-order valence-corrected chi connectivity index (χ1v) is 9.39. The van der Waals surface area contributed by atoms with E-state index in [-0.39, 0.29) is 17.4 Å². The molecular weight excluding hydrogens is 364 g/mol. The third-order valence-electron chi connectivity index (χ3n) is 3.88. The molecule has 0 bridgehead atoms. The highest BCUT2D eigenvalue weighted by atomic mass is 32.2. The molecule has 0 fully saturated rings. The smallest absolute Gasteiger partial charge is 0.234 e. The van der Waals surface area contributed by atoms with E-state index in [0.29, 0.717) is 28.8 Å². The summed E-state index contributed by atoms with van der Waals surface area (Å²) in [6, 6.07) is 14.1. The largest absolute Gasteiger partial charge is 0.507 e. The standard InChI is InChI=1S/C19H20N4O3S/c1-3-23-18(15-6-4-5-7-16(15)24)21-22-19(23)27-12-17(25)20-13-8-10-14(26-2)11-9-13/h4-11,24H,3,12H2,1-2H3,(H,20,25). The molecule has 1 amide bonds. The van der Waals surface area contributed by atoms with Gasteiger partial charge >= 0.3 is 0 Å². The molecule has 0 aliphatic rings. The topological polar surface area (TPSA) is 89.3 Å². The number of rotatable bonds is 7. The molecular formula is C19H20N4O3S. The highest BCUT2D eigenvalue weighted by Crippen LogP contribution is 2.30. The molecule has 27 heavy (non-hydrogen) atoms. The van der Waals surface area contributed by atoms with Gasteiger partial charge in [0.15, 0.2) is 11.0 Å². The lowest BCUT2D eigenvalue weighted by atomic mass is 10.2. The predicted molar refractivity (Wildman–Crippen MR) is 105 cm³/mol. The van der Waals surface area contributed by atoms with Crippen LogP contribution in [0.4, 0.5) is 5.69 Å². The molecule has 1 aromatic heterocycles. The Balaban J connectivity index is 1.67. The van der Waals surface area contributed by atoms with Crippen LogP contribution in [-0.4, -0.2) is 38.6 Å². The number of amides is 1. The number of hydrogen-bond donors (Lipinski definition) is 2. The summed E-state index contributed by atoms with van der Waals surface area (Å²) in [5.74, 6) is 1.52. The number of methoxy groups -OCH3 is 1. The van der Waals surface area contributed by atoms with E-state index in [1.165, 1.54) is 11.8 Å². The van der Waals surface area contributed by atoms with Crippen LogP contribution in [0, 0.1) is 0 Å². The Morgan fingerprint density at radius 3 is 2.59 bits per heavy atom. The zero-order valence-corrected chi connectivity index (χ0v) is 15.9. The van der Waals surface area contributed by atoms with Gasteiger partial charge in [-0.25, -0.2) is 0 Å². The molecule has 7 nitrogen and oxygen atoms in total. The van der Waals surface area contributed by atoms with E-state index in [1.807, 2.05) is 17.6 Å². The number of carbonyl (C=O) groups is 1. The van der Waals surface area contributed by atoms with Gasteiger partial charge in [0.25, 0.3) is 0 Å². The van der Waals surface area contributed by atoms with Crippen LogP contribution in [0.25, 0.3) is 11.4 Å². The Kier molecular flexibility index (Phi) is 5.97. The normalized spacial score (nSPS) is 10.6. The number of ether oxygens (including phenoxy) is 1. The van der Waals surface area contributed by atoms with Crippen molar-refractivity contribution in [3.63, 3.8) is 0 Å². The van der Waals surface area contributed by atoms with Gasteiger partial charge in [0, 0.05) is 12.2 Å². The molecule has 0 unspecified atom stereocenters. The Morgan fingerprint density at radius 2 is 1.93 bits per heavy atom. The predicted octanol–water partition coefficient (Wildman–Crippen LogP) is 3.41. The van der Waals surface area contributed by atoms with Crippen LogP contribution in [0.15, 0.2) is 53.7 Å². The van der Waals surface area contributed by atoms with Crippen molar-refractivity contribution in [2.75, 3.05) is 18.2 Å². The molecule has 8 heteroatoms. The summed E-state index contributed by atoms with van der Waals surface area (Å²) in [5, 5.41) is 21.9. The highest BCUT2D eigenvalue weighted by molar-refractivity contribution is 7.99. The highest BCUT2D eigenvalue weighted by Gasteiger charge is 2.16. The van der Waals surface area contributed by atoms with Gasteiger partial charge in [-0.15, -0.1) is 10.2 Å². The number of carbonyl (C=O) groups excluding carboxylic acids is 1. The first-order chi connectivity index (χ1) is 13.1. The molecule has 0 aliphatic heterocycles. The molecule has 3 aromatic rings. The number of nitrogens with one attached hydrogen (secondary N) is 1. The van der Waals surface area contributed by atoms with Crippen molar-refractivity contribution in [1.29, 1.82) is 0 Å². The van der Waals surface area contributed by atoms with E-state index in [1.54, 1.807) is 49.6 Å². The van der Waals surface area contributed by atoms with Crippen LogP contribution >= 0.6 is 11.8 Å². The second kappa shape index (κ2) is 8.59. The fourth-order valence-corrected chi connectivity index (χ4v) is 3.35. The van der Waals surface area contributed by atoms with Crippen molar-refractivity contribution in [3.05, 3.63) is 48.5 Å². The first-order valence-electron chi connectivity index (χ1n) is 8.40. The van der Waals surface area contributed by atoms with Crippen molar-refractivity contribution in [2.24, 2.45) is 0 Å². The first kappa shape index (κ1) is 18.8. The van der Waals surface area contributed by atoms with Crippen LogP contribution in [0.5, 0.6) is 11.5 Å². The van der Waals surface area contributed by atoms with Crippen molar-refractivity contribution in [3.8, 4) is 22.9 Å². The minimum Gasteiger partial charge on any atom is -0.507 e. The maximum Gasteiger partial charge on any atom is 0.234 e. The van der Waals surface area contributed by atoms with Crippen LogP contribution in [-0.2, 0) is 11.3 Å². The molecule has 1 heterocycles. The molecule has 0 aliphatic carbocycles. The number of aromatic nitrogens is 3. The molecule has 0 saturated heterocycles. The molecule has 0 radical (unpaired) electrons. The SMILES string of the molecule is CCn1c(SCC(=O)Nc2ccc(OC)cc2)nnc1-c1ccccc1O. The van der Waals surface area contributed by atoms with Crippen LogP contribution < -0.4 is 10.1 Å². The maximum atomic E-state index is 12.2. The fraction of sp³-hybridized carbons (Fsp3) is 0.211. The summed E-state index contributed by atoms with van der Waals surface area (Å²) in [6.07, 6.45) is 0. The van der Waals surface area contributed by atoms with Crippen molar-refractivity contribution in [1.82, 2.24) is 14.8 Å². The molecule has 0 saturated carbocycles. The number of hydrogen-bond acceptors (Lipinski definition) is 6. The third kappa shape index (κ3) is 4.40. The number of phenolic OH excluding ortho intramolecular Hbond substituents is 1. The minimum absolute atomic E-state index is 0.139. The fourth-order valence-electron chi connectivity index (χ4n) is 2.54. The summed E-state index contributed by atoms with van der Waals surface area (Å²) in [7, 11) is 1.59. The van der Waals surface area contributed by atoms with Gasteiger partial charge in [0.05, 0.1) is 18.4 Å². The average molecular weight is 384 g/mol. The zero-order valence-electron chi connectivity index (χ0n) is 15.0. The van der Waals surface area contributed by atoms with E-state index in [4.69, 9.17) is 4.74 Å². The number of benzene rings is 2. The Labute approximate surface area is 161 Å². The number of thioether (sulfide) groups is 1. The second-order valence-electron chi connectivity index (χ2n) is 5.63. The lowest BCUT2D eigenvalue weighted by molar-refractivity contribution is -0.113. The molecule has 140 valence electrons. The van der Waals surface area contributed by atoms with Gasteiger partial charge < -0.3 is 19.7 Å². The van der Waals surface area contributed by atoms with Crippen LogP contribution in [0.1, 0.15) is 6.92 Å². The number of nitrogens with zero attached hydrogens (tertiary/aromatic N) is 3. The number of para-hydroxylation sites is 1. The van der Waals surface area contributed by atoms with E-state index in [2.05, 4.69) is 15.5 Å². The second-order valence-corrected chi connectivity index (χ2v) is 6.58. The Bertz CT molecular complexity index is 925. The Morgan fingerprint density at radius 1 is 1.19 bits per heavy atom. The molecule has 2 aromatic carbocycles. The van der Waals surface area contributed by atoms with Crippen molar-refractivity contribution < 1.29 is 14.6 Å². The van der Waals surface area contributed by atoms with Gasteiger partial charge in [-0.3, -0.25) is 4.79 Å². The molecule has 0 atom stereocenters. The summed E-state index contributed by atoms with van der Waals surface area (Å²) >= 11 is 1.30. The van der Waals surface area contributed by atoms with E-state index in [9.17, 15) is 9.90 Å². The van der Waals surface area contributed by atoms with Gasteiger partial charge in [0.2, 0.25) is 5.91 Å². The summed E-state index contributed by atoms with van der Waals surface area (Å²) < 4.78 is 6.97. The minimum atomic E-state index is -0.139. The lowest BCUT2D eigenvalue weighted by Crippen LogP contribution is -2.14. The number of phenols is 1. The quantitative estimate of drug-likeness (QED) is 0.607.